The first-order valence-electron chi connectivity index (χ1n) is 4.81. The van der Waals surface area contributed by atoms with Crippen molar-refractivity contribution in [2.24, 2.45) is 0 Å². The highest BCUT2D eigenvalue weighted by atomic mass is 32.1. The molecule has 0 unspecified atom stereocenters. The largest absolute Gasteiger partial charge is 0.477 e. The van der Waals surface area contributed by atoms with Crippen LogP contribution in [0.3, 0.4) is 0 Å². The maximum atomic E-state index is 11.8. The van der Waals surface area contributed by atoms with Crippen molar-refractivity contribution in [2.75, 3.05) is 0 Å². The van der Waals surface area contributed by atoms with Crippen LogP contribution in [-0.4, -0.2) is 45.3 Å². The minimum atomic E-state index is -4.92. The number of halogens is 3. The number of ketones is 2. The predicted molar refractivity (Wildman–Crippen MR) is 60.2 cm³/mol. The Morgan fingerprint density at radius 1 is 1.25 bits per heavy atom. The molecule has 1 heterocycles. The molecule has 10 heteroatoms. The maximum absolute atomic E-state index is 11.8. The first kappa shape index (κ1) is 18.2. The number of rotatable bonds is 4. The Kier molecular flexibility index (Phi) is 7.04. The molecule has 112 valence electrons. The third-order valence-electron chi connectivity index (χ3n) is 1.65. The summed E-state index contributed by atoms with van der Waals surface area (Å²) in [5.41, 5.74) is 0. The van der Waals surface area contributed by atoms with Crippen LogP contribution in [0, 0.1) is 0 Å². The van der Waals surface area contributed by atoms with E-state index in [-0.39, 0.29) is 4.88 Å². The Hall–Kier alpha value is -1.78. The van der Waals surface area contributed by atoms with Gasteiger partial charge in [0, 0.05) is 0 Å². The number of carboxylic acids is 1. The molecule has 3 N–H and O–H groups in total. The lowest BCUT2D eigenvalue weighted by Crippen LogP contribution is -2.25. The fraction of sp³-hybridized carbons (Fsp3) is 0.300. The van der Waals surface area contributed by atoms with Crippen molar-refractivity contribution in [1.82, 2.24) is 0 Å². The zero-order valence-corrected chi connectivity index (χ0v) is 10.4. The van der Waals surface area contributed by atoms with Gasteiger partial charge in [0.1, 0.15) is 0 Å². The highest BCUT2D eigenvalue weighted by Crippen LogP contribution is 2.20. The number of alkyl halides is 3. The zero-order valence-electron chi connectivity index (χ0n) is 9.63. The Balaban J connectivity index is 0.000000511. The molecule has 0 fully saturated rings. The second kappa shape index (κ2) is 7.72. The number of carbonyl (C=O) groups excluding carboxylic acids is 2. The normalized spacial score (nSPS) is 10.7. The van der Waals surface area contributed by atoms with Gasteiger partial charge >= 0.3 is 12.1 Å². The van der Waals surface area contributed by atoms with Crippen LogP contribution in [0.25, 0.3) is 0 Å². The molecular formula is C10H9F3O6S. The number of aliphatic carboxylic acids is 1. The van der Waals surface area contributed by atoms with Crippen molar-refractivity contribution >= 4 is 28.9 Å². The topological polar surface area (TPSA) is 112 Å². The van der Waals surface area contributed by atoms with Gasteiger partial charge in [-0.15, -0.1) is 11.3 Å². The summed E-state index contributed by atoms with van der Waals surface area (Å²) in [5.74, 6) is -4.42. The summed E-state index contributed by atoms with van der Waals surface area (Å²) in [5, 5.41) is 24.2. The first-order chi connectivity index (χ1) is 9.05. The fourth-order valence-corrected chi connectivity index (χ4v) is 1.43. The first-order valence-corrected chi connectivity index (χ1v) is 5.69. The van der Waals surface area contributed by atoms with Gasteiger partial charge in [0.25, 0.3) is 6.29 Å². The Morgan fingerprint density at radius 3 is 2.05 bits per heavy atom. The van der Waals surface area contributed by atoms with E-state index in [9.17, 15) is 27.6 Å². The van der Waals surface area contributed by atoms with Crippen LogP contribution in [0.1, 0.15) is 16.1 Å². The summed E-state index contributed by atoms with van der Waals surface area (Å²) >= 11 is 1.01. The smallest absolute Gasteiger partial charge is 0.450 e. The molecule has 6 nitrogen and oxygen atoms in total. The third-order valence-corrected chi connectivity index (χ3v) is 2.57. The predicted octanol–water partition coefficient (Wildman–Crippen LogP) is 0.834. The summed E-state index contributed by atoms with van der Waals surface area (Å²) < 4.78 is 35.3. The average Bonchev–Trinajstić information content (AvgIpc) is 2.81. The van der Waals surface area contributed by atoms with Crippen LogP contribution >= 0.6 is 11.3 Å². The van der Waals surface area contributed by atoms with E-state index in [0.29, 0.717) is 0 Å². The van der Waals surface area contributed by atoms with E-state index in [0.717, 1.165) is 11.3 Å². The van der Waals surface area contributed by atoms with Crippen molar-refractivity contribution < 1.29 is 42.9 Å². The molecule has 0 aliphatic heterocycles. The van der Waals surface area contributed by atoms with E-state index in [1.165, 1.54) is 12.1 Å². The molecule has 0 saturated heterocycles. The summed E-state index contributed by atoms with van der Waals surface area (Å²) in [4.78, 5) is 30.8. The van der Waals surface area contributed by atoms with E-state index in [1.807, 2.05) is 0 Å². The molecule has 0 radical (unpaired) electrons. The fourth-order valence-electron chi connectivity index (χ4n) is 0.770. The van der Waals surface area contributed by atoms with Crippen LogP contribution in [0.2, 0.25) is 0 Å². The summed E-state index contributed by atoms with van der Waals surface area (Å²) in [6.45, 7) is 0. The number of aliphatic hydroxyl groups is 2. The number of carbonyl (C=O) groups is 3. The van der Waals surface area contributed by atoms with Gasteiger partial charge in [0.05, 0.1) is 11.3 Å². The lowest BCUT2D eigenvalue weighted by molar-refractivity contribution is -0.170. The molecule has 0 atom stereocenters. The summed E-state index contributed by atoms with van der Waals surface area (Å²) in [6, 6.07) is 2.92. The van der Waals surface area contributed by atoms with Gasteiger partial charge in [-0.2, -0.15) is 13.2 Å². The molecule has 1 aromatic rings. The van der Waals surface area contributed by atoms with Crippen molar-refractivity contribution in [3.05, 3.63) is 22.4 Å². The van der Waals surface area contributed by atoms with E-state index in [2.05, 4.69) is 0 Å². The van der Waals surface area contributed by atoms with Crippen LogP contribution < -0.4 is 0 Å². The van der Waals surface area contributed by atoms with E-state index >= 15 is 0 Å². The van der Waals surface area contributed by atoms with Crippen LogP contribution in [0.5, 0.6) is 0 Å². The number of aliphatic hydroxyl groups excluding tert-OH is 1. The van der Waals surface area contributed by atoms with Crippen LogP contribution in [0.4, 0.5) is 13.2 Å². The molecule has 20 heavy (non-hydrogen) atoms. The highest BCUT2D eigenvalue weighted by Gasteiger charge is 2.39. The van der Waals surface area contributed by atoms with Crippen molar-refractivity contribution in [1.29, 1.82) is 0 Å². The van der Waals surface area contributed by atoms with Crippen molar-refractivity contribution in [2.45, 2.75) is 18.9 Å². The minimum absolute atomic E-state index is 0.169. The number of carboxylic acid groups (broad SMARTS) is 1. The Labute approximate surface area is 114 Å². The third kappa shape index (κ3) is 6.97. The van der Waals surface area contributed by atoms with E-state index in [4.69, 9.17) is 15.3 Å². The Bertz CT molecular complexity index is 466. The molecule has 0 saturated carbocycles. The SMILES string of the molecule is O=C(CC(=O)C(F)(F)F)c1cccs1.O=C(O)C(O)O. The number of hydrogen-bond acceptors (Lipinski definition) is 6. The van der Waals surface area contributed by atoms with Gasteiger partial charge in [0.2, 0.25) is 5.78 Å². The summed E-state index contributed by atoms with van der Waals surface area (Å²) in [7, 11) is 0. The second-order valence-corrected chi connectivity index (χ2v) is 4.16. The second-order valence-electron chi connectivity index (χ2n) is 3.21. The molecular weight excluding hydrogens is 305 g/mol. The molecule has 0 amide bonds. The molecule has 0 spiro atoms. The average molecular weight is 314 g/mol. The van der Waals surface area contributed by atoms with E-state index < -0.39 is 36.4 Å². The van der Waals surface area contributed by atoms with Gasteiger partial charge < -0.3 is 15.3 Å². The number of thiophene rings is 1. The Morgan fingerprint density at radius 2 is 1.75 bits per heavy atom. The molecule has 0 aliphatic carbocycles. The maximum Gasteiger partial charge on any atom is 0.450 e. The molecule has 0 bridgehead atoms. The van der Waals surface area contributed by atoms with Gasteiger partial charge in [-0.1, -0.05) is 6.07 Å². The standard InChI is InChI=1S/C8H5F3O2S.C2H4O4/c9-8(10,11)7(13)4-5(12)6-2-1-3-14-6;3-1(4)2(5)6/h1-3H,4H2;1,3-4H,(H,5,6). The van der Waals surface area contributed by atoms with Gasteiger partial charge in [-0.25, -0.2) is 4.79 Å². The van der Waals surface area contributed by atoms with E-state index in [1.54, 1.807) is 5.38 Å². The van der Waals surface area contributed by atoms with Crippen LogP contribution in [0.15, 0.2) is 17.5 Å². The molecule has 0 aliphatic rings. The van der Waals surface area contributed by atoms with Crippen molar-refractivity contribution in [3.8, 4) is 0 Å². The minimum Gasteiger partial charge on any atom is -0.477 e. The molecule has 1 aromatic heterocycles. The number of hydrogen-bond donors (Lipinski definition) is 3. The zero-order chi connectivity index (χ0) is 15.9. The quantitative estimate of drug-likeness (QED) is 0.431. The lowest BCUT2D eigenvalue weighted by Gasteiger charge is -2.02. The monoisotopic (exact) mass is 314 g/mol. The van der Waals surface area contributed by atoms with Crippen LogP contribution in [-0.2, 0) is 9.59 Å². The van der Waals surface area contributed by atoms with Gasteiger partial charge in [-0.3, -0.25) is 9.59 Å². The highest BCUT2D eigenvalue weighted by molar-refractivity contribution is 7.12. The molecule has 1 rings (SSSR count). The van der Waals surface area contributed by atoms with Gasteiger partial charge in [0.15, 0.2) is 5.78 Å². The number of Topliss-reactive ketones (excluding diaryl/α,β-unsaturated/α-hetero) is 2. The lowest BCUT2D eigenvalue weighted by atomic mass is 10.2. The molecule has 0 aromatic carbocycles. The van der Waals surface area contributed by atoms with Gasteiger partial charge in [-0.05, 0) is 11.4 Å². The summed E-state index contributed by atoms with van der Waals surface area (Å²) in [6.07, 6.45) is -8.26. The van der Waals surface area contributed by atoms with Crippen molar-refractivity contribution in [3.63, 3.8) is 0 Å².